The van der Waals surface area contributed by atoms with Crippen molar-refractivity contribution in [3.05, 3.63) is 22.6 Å². The van der Waals surface area contributed by atoms with E-state index in [0.29, 0.717) is 11.2 Å². The largest absolute Gasteiger partial charge is 0.469 e. The van der Waals surface area contributed by atoms with Crippen molar-refractivity contribution in [3.8, 4) is 0 Å². The minimum absolute atomic E-state index is 0.0737. The first-order valence-electron chi connectivity index (χ1n) is 8.78. The third-order valence-electron chi connectivity index (χ3n) is 4.52. The van der Waals surface area contributed by atoms with Crippen LogP contribution in [0.5, 0.6) is 0 Å². The fourth-order valence-electron chi connectivity index (χ4n) is 3.18. The minimum Gasteiger partial charge on any atom is -0.469 e. The third-order valence-corrected chi connectivity index (χ3v) is 4.52. The van der Waals surface area contributed by atoms with Crippen molar-refractivity contribution < 1.29 is 24.2 Å². The molecule has 3 heterocycles. The van der Waals surface area contributed by atoms with Gasteiger partial charge in [0.05, 0.1) is 24.6 Å². The maximum atomic E-state index is 12.4. The summed E-state index contributed by atoms with van der Waals surface area (Å²) < 4.78 is 4.68. The molecule has 0 spiro atoms. The van der Waals surface area contributed by atoms with E-state index in [1.165, 1.54) is 18.1 Å². The number of β-amino-alcohol motifs (C(OH)–C–C–N with tert-alkyl or cyclic N) is 1. The van der Waals surface area contributed by atoms with Gasteiger partial charge < -0.3 is 25.0 Å². The number of hydrogen-bond acceptors (Lipinski definition) is 7. The van der Waals surface area contributed by atoms with Gasteiger partial charge in [0.1, 0.15) is 5.82 Å². The number of aromatic nitrogens is 3. The van der Waals surface area contributed by atoms with Crippen LogP contribution in [0.4, 0.5) is 5.82 Å². The molecule has 0 radical (unpaired) electrons. The van der Waals surface area contributed by atoms with Crippen molar-refractivity contribution in [3.63, 3.8) is 0 Å². The number of esters is 1. The lowest BCUT2D eigenvalue weighted by Gasteiger charge is -2.34. The van der Waals surface area contributed by atoms with Crippen LogP contribution >= 0.6 is 0 Å². The Hall–Kier alpha value is -3.21. The molecule has 0 aromatic carbocycles. The number of H-pyrrole nitrogens is 2. The summed E-state index contributed by atoms with van der Waals surface area (Å²) >= 11 is 0. The standard InChI is InChI=1S/C17H21N5O6/c1-28-16(26)9-6-10(23)8-22(7-9)14(25)5-4-13(24)19-12-3-2-11-15(20-12)21-17(27)18-11/h2-3,9-10,23H,4-8H2,1H3,(H3,18,19,20,21,24,27). The van der Waals surface area contributed by atoms with Gasteiger partial charge in [-0.1, -0.05) is 0 Å². The van der Waals surface area contributed by atoms with Gasteiger partial charge in [0.25, 0.3) is 0 Å². The Balaban J connectivity index is 1.53. The van der Waals surface area contributed by atoms with Crippen molar-refractivity contribution in [2.24, 2.45) is 5.92 Å². The Morgan fingerprint density at radius 2 is 2.07 bits per heavy atom. The smallest absolute Gasteiger partial charge is 0.325 e. The van der Waals surface area contributed by atoms with Crippen LogP contribution in [0.25, 0.3) is 11.2 Å². The van der Waals surface area contributed by atoms with Gasteiger partial charge in [-0.25, -0.2) is 9.78 Å². The van der Waals surface area contributed by atoms with Crippen LogP contribution < -0.4 is 11.0 Å². The molecule has 2 amide bonds. The lowest BCUT2D eigenvalue weighted by molar-refractivity contribution is -0.152. The summed E-state index contributed by atoms with van der Waals surface area (Å²) in [5.41, 5.74) is 0.433. The van der Waals surface area contributed by atoms with Crippen LogP contribution in [0.2, 0.25) is 0 Å². The second kappa shape index (κ2) is 8.21. The van der Waals surface area contributed by atoms with Crippen molar-refractivity contribution in [2.75, 3.05) is 25.5 Å². The van der Waals surface area contributed by atoms with E-state index in [-0.39, 0.29) is 44.1 Å². The van der Waals surface area contributed by atoms with E-state index in [0.717, 1.165) is 0 Å². The van der Waals surface area contributed by atoms with Gasteiger partial charge in [-0.05, 0) is 18.6 Å². The highest BCUT2D eigenvalue weighted by molar-refractivity contribution is 5.93. The number of fused-ring (bicyclic) bond motifs is 1. The van der Waals surface area contributed by atoms with E-state index in [4.69, 9.17) is 0 Å². The van der Waals surface area contributed by atoms with Crippen LogP contribution in [-0.2, 0) is 19.1 Å². The Morgan fingerprint density at radius 1 is 1.29 bits per heavy atom. The molecule has 2 aromatic heterocycles. The highest BCUT2D eigenvalue weighted by atomic mass is 16.5. The van der Waals surface area contributed by atoms with Crippen LogP contribution in [-0.4, -0.2) is 69.0 Å². The zero-order chi connectivity index (χ0) is 20.3. The molecular formula is C17H21N5O6. The number of anilines is 1. The number of nitrogens with one attached hydrogen (secondary N) is 3. The molecule has 150 valence electrons. The average molecular weight is 391 g/mol. The van der Waals surface area contributed by atoms with Crippen LogP contribution in [0.15, 0.2) is 16.9 Å². The summed E-state index contributed by atoms with van der Waals surface area (Å²) in [5, 5.41) is 12.5. The molecule has 0 aliphatic carbocycles. The molecule has 28 heavy (non-hydrogen) atoms. The van der Waals surface area contributed by atoms with Gasteiger partial charge >= 0.3 is 11.7 Å². The number of aromatic amines is 2. The third kappa shape index (κ3) is 4.55. The van der Waals surface area contributed by atoms with Crippen LogP contribution in [0.1, 0.15) is 19.3 Å². The minimum atomic E-state index is -0.810. The number of carbonyl (C=O) groups excluding carboxylic acids is 3. The number of likely N-dealkylation sites (tertiary alicyclic amines) is 1. The number of rotatable bonds is 5. The van der Waals surface area contributed by atoms with E-state index in [1.54, 1.807) is 6.07 Å². The van der Waals surface area contributed by atoms with E-state index >= 15 is 0 Å². The number of amides is 2. The first-order valence-corrected chi connectivity index (χ1v) is 8.78. The molecule has 4 N–H and O–H groups in total. The molecule has 2 aromatic rings. The number of carbonyl (C=O) groups is 3. The van der Waals surface area contributed by atoms with Gasteiger partial charge in [0.2, 0.25) is 11.8 Å². The average Bonchev–Trinajstić information content (AvgIpc) is 3.04. The highest BCUT2D eigenvalue weighted by Gasteiger charge is 2.33. The zero-order valence-electron chi connectivity index (χ0n) is 15.2. The summed E-state index contributed by atoms with van der Waals surface area (Å²) in [5.74, 6) is -1.55. The number of nitrogens with zero attached hydrogens (tertiary/aromatic N) is 2. The van der Waals surface area contributed by atoms with Crippen LogP contribution in [0.3, 0.4) is 0 Å². The second-order valence-corrected chi connectivity index (χ2v) is 6.63. The fraction of sp³-hybridized carbons (Fsp3) is 0.471. The zero-order valence-corrected chi connectivity index (χ0v) is 15.2. The van der Waals surface area contributed by atoms with Crippen molar-refractivity contribution in [1.29, 1.82) is 0 Å². The molecule has 2 unspecified atom stereocenters. The maximum Gasteiger partial charge on any atom is 0.325 e. The number of aliphatic hydroxyl groups is 1. The van der Waals surface area contributed by atoms with Crippen molar-refractivity contribution in [1.82, 2.24) is 19.9 Å². The molecule has 11 heteroatoms. The molecule has 1 aliphatic rings. The predicted molar refractivity (Wildman–Crippen MR) is 97.3 cm³/mol. The molecule has 2 atom stereocenters. The van der Waals surface area contributed by atoms with Crippen LogP contribution in [0, 0.1) is 5.92 Å². The number of ether oxygens (including phenoxy) is 1. The molecular weight excluding hydrogens is 370 g/mol. The summed E-state index contributed by atoms with van der Waals surface area (Å²) in [6.07, 6.45) is -0.727. The molecule has 1 fully saturated rings. The first-order chi connectivity index (χ1) is 13.4. The Bertz CT molecular complexity index is 951. The normalized spacial score (nSPS) is 19.4. The lowest BCUT2D eigenvalue weighted by Crippen LogP contribution is -2.48. The number of aliphatic hydroxyl groups excluding tert-OH is 1. The van der Waals surface area contributed by atoms with Crippen molar-refractivity contribution >= 4 is 34.8 Å². The molecule has 0 saturated carbocycles. The quantitative estimate of drug-likeness (QED) is 0.493. The first kappa shape index (κ1) is 19.5. The van der Waals surface area contributed by atoms with Crippen molar-refractivity contribution in [2.45, 2.75) is 25.4 Å². The van der Waals surface area contributed by atoms with E-state index < -0.39 is 29.6 Å². The monoisotopic (exact) mass is 391 g/mol. The Labute approximate surface area is 159 Å². The maximum absolute atomic E-state index is 12.4. The number of hydrogen-bond donors (Lipinski definition) is 4. The molecule has 3 rings (SSSR count). The molecule has 11 nitrogen and oxygen atoms in total. The molecule has 0 bridgehead atoms. The Kier molecular flexibility index (Phi) is 5.73. The lowest BCUT2D eigenvalue weighted by atomic mass is 9.95. The summed E-state index contributed by atoms with van der Waals surface area (Å²) in [7, 11) is 1.26. The molecule has 1 aliphatic heterocycles. The second-order valence-electron chi connectivity index (χ2n) is 6.63. The Morgan fingerprint density at radius 3 is 2.82 bits per heavy atom. The van der Waals surface area contributed by atoms with E-state index in [9.17, 15) is 24.3 Å². The number of imidazole rings is 1. The number of piperidine rings is 1. The van der Waals surface area contributed by atoms with E-state index in [1.807, 2.05) is 0 Å². The summed E-state index contributed by atoms with van der Waals surface area (Å²) in [6, 6.07) is 3.14. The van der Waals surface area contributed by atoms with Gasteiger partial charge in [-0.15, -0.1) is 0 Å². The highest BCUT2D eigenvalue weighted by Crippen LogP contribution is 2.19. The molecule has 1 saturated heterocycles. The number of pyridine rings is 1. The number of methoxy groups -OCH3 is 1. The SMILES string of the molecule is COC(=O)C1CC(O)CN(C(=O)CCC(=O)Nc2ccc3[nH]c(=O)[nH]c3n2)C1. The van der Waals surface area contributed by atoms with Gasteiger partial charge in [0.15, 0.2) is 5.65 Å². The summed E-state index contributed by atoms with van der Waals surface area (Å²) in [6.45, 7) is 0.274. The predicted octanol–water partition coefficient (Wildman–Crippen LogP) is -0.648. The van der Waals surface area contributed by atoms with Gasteiger partial charge in [-0.3, -0.25) is 19.4 Å². The van der Waals surface area contributed by atoms with E-state index in [2.05, 4.69) is 25.0 Å². The topological polar surface area (TPSA) is 157 Å². The van der Waals surface area contributed by atoms with Gasteiger partial charge in [-0.2, -0.15) is 0 Å². The van der Waals surface area contributed by atoms with Gasteiger partial charge in [0, 0.05) is 25.9 Å². The summed E-state index contributed by atoms with van der Waals surface area (Å²) in [4.78, 5) is 57.9. The fourth-order valence-corrected chi connectivity index (χ4v) is 3.18.